The average Bonchev–Trinajstić information content (AvgIpc) is 2.75. The molecule has 0 aromatic heterocycles. The SMILES string of the molecule is N#C/C(=C/N1CCCCCC1)C(=O)Nc1ccc(O)cc1. The molecule has 1 aliphatic heterocycles. The number of hydrogen-bond acceptors (Lipinski definition) is 4. The fourth-order valence-corrected chi connectivity index (χ4v) is 2.29. The first-order valence-electron chi connectivity index (χ1n) is 7.15. The molecule has 110 valence electrons. The van der Waals surface area contributed by atoms with Crippen LogP contribution >= 0.6 is 0 Å². The molecule has 1 aromatic rings. The van der Waals surface area contributed by atoms with Crippen molar-refractivity contribution >= 4 is 11.6 Å². The molecule has 1 heterocycles. The number of likely N-dealkylation sites (tertiary alicyclic amines) is 1. The average molecular weight is 285 g/mol. The van der Waals surface area contributed by atoms with Crippen molar-refractivity contribution in [2.75, 3.05) is 18.4 Å². The second kappa shape index (κ2) is 7.34. The molecule has 1 aliphatic rings. The number of phenols is 1. The lowest BCUT2D eigenvalue weighted by Gasteiger charge is -2.17. The van der Waals surface area contributed by atoms with E-state index in [1.807, 2.05) is 11.0 Å². The number of nitrogens with zero attached hydrogens (tertiary/aromatic N) is 2. The Kier molecular flexibility index (Phi) is 5.22. The van der Waals surface area contributed by atoms with Gasteiger partial charge < -0.3 is 15.3 Å². The molecule has 2 N–H and O–H groups in total. The van der Waals surface area contributed by atoms with Crippen molar-refractivity contribution in [2.45, 2.75) is 25.7 Å². The Hall–Kier alpha value is -2.48. The number of rotatable bonds is 3. The number of nitrogens with one attached hydrogen (secondary N) is 1. The molecule has 0 atom stereocenters. The van der Waals surface area contributed by atoms with E-state index >= 15 is 0 Å². The fourth-order valence-electron chi connectivity index (χ4n) is 2.29. The third kappa shape index (κ3) is 4.53. The Morgan fingerprint density at radius 3 is 2.38 bits per heavy atom. The minimum Gasteiger partial charge on any atom is -0.508 e. The summed E-state index contributed by atoms with van der Waals surface area (Å²) in [5, 5.41) is 21.0. The molecule has 2 rings (SSSR count). The molecule has 0 unspecified atom stereocenters. The smallest absolute Gasteiger partial charge is 0.267 e. The van der Waals surface area contributed by atoms with Gasteiger partial charge in [0.15, 0.2) is 0 Å². The summed E-state index contributed by atoms with van der Waals surface area (Å²) in [5.74, 6) is -0.291. The predicted octanol–water partition coefficient (Wildman–Crippen LogP) is 2.61. The zero-order valence-electron chi connectivity index (χ0n) is 11.9. The van der Waals surface area contributed by atoms with Gasteiger partial charge in [-0.2, -0.15) is 5.26 Å². The summed E-state index contributed by atoms with van der Waals surface area (Å²) in [6, 6.07) is 8.11. The van der Waals surface area contributed by atoms with Crippen molar-refractivity contribution in [1.82, 2.24) is 4.90 Å². The van der Waals surface area contributed by atoms with Gasteiger partial charge in [-0.3, -0.25) is 4.79 Å². The number of carbonyl (C=O) groups excluding carboxylic acids is 1. The number of hydrogen-bond donors (Lipinski definition) is 2. The number of aromatic hydroxyl groups is 1. The molecule has 5 heteroatoms. The summed E-state index contributed by atoms with van der Waals surface area (Å²) in [5.41, 5.74) is 0.653. The van der Waals surface area contributed by atoms with Gasteiger partial charge in [-0.25, -0.2) is 0 Å². The van der Waals surface area contributed by atoms with Crippen LogP contribution in [0.5, 0.6) is 5.75 Å². The number of benzene rings is 1. The maximum Gasteiger partial charge on any atom is 0.267 e. The highest BCUT2D eigenvalue weighted by Gasteiger charge is 2.13. The highest BCUT2D eigenvalue weighted by Crippen LogP contribution is 2.15. The highest BCUT2D eigenvalue weighted by molar-refractivity contribution is 6.06. The van der Waals surface area contributed by atoms with E-state index in [0.29, 0.717) is 5.69 Å². The Labute approximate surface area is 124 Å². The maximum atomic E-state index is 12.1. The molecule has 1 saturated heterocycles. The predicted molar refractivity (Wildman–Crippen MR) is 80.5 cm³/mol. The van der Waals surface area contributed by atoms with Gasteiger partial charge in [0.2, 0.25) is 0 Å². The van der Waals surface area contributed by atoms with Gasteiger partial charge in [-0.1, -0.05) is 12.8 Å². The molecule has 0 saturated carbocycles. The van der Waals surface area contributed by atoms with Gasteiger partial charge in [0, 0.05) is 25.0 Å². The largest absolute Gasteiger partial charge is 0.508 e. The van der Waals surface area contributed by atoms with Crippen LogP contribution in [0.3, 0.4) is 0 Å². The van der Waals surface area contributed by atoms with Gasteiger partial charge in [0.25, 0.3) is 5.91 Å². The van der Waals surface area contributed by atoms with Crippen LogP contribution in [0.4, 0.5) is 5.69 Å². The van der Waals surface area contributed by atoms with Crippen molar-refractivity contribution in [3.05, 3.63) is 36.0 Å². The van der Waals surface area contributed by atoms with E-state index in [9.17, 15) is 15.2 Å². The molecule has 1 aromatic carbocycles. The Balaban J connectivity index is 2.03. The van der Waals surface area contributed by atoms with E-state index < -0.39 is 5.91 Å². The first-order chi connectivity index (χ1) is 10.2. The summed E-state index contributed by atoms with van der Waals surface area (Å²) in [6.45, 7) is 1.77. The molecule has 21 heavy (non-hydrogen) atoms. The van der Waals surface area contributed by atoms with E-state index in [0.717, 1.165) is 25.9 Å². The van der Waals surface area contributed by atoms with Crippen LogP contribution in [0, 0.1) is 11.3 Å². The van der Waals surface area contributed by atoms with Crippen molar-refractivity contribution in [3.8, 4) is 11.8 Å². The second-order valence-corrected chi connectivity index (χ2v) is 5.11. The van der Waals surface area contributed by atoms with E-state index in [-0.39, 0.29) is 11.3 Å². The third-order valence-electron chi connectivity index (χ3n) is 3.44. The summed E-state index contributed by atoms with van der Waals surface area (Å²) in [4.78, 5) is 14.1. The Morgan fingerprint density at radius 2 is 1.81 bits per heavy atom. The lowest BCUT2D eigenvalue weighted by Crippen LogP contribution is -2.22. The Bertz CT molecular complexity index is 550. The van der Waals surface area contributed by atoms with Crippen molar-refractivity contribution in [3.63, 3.8) is 0 Å². The molecule has 1 amide bonds. The summed E-state index contributed by atoms with van der Waals surface area (Å²) in [7, 11) is 0. The van der Waals surface area contributed by atoms with E-state index in [2.05, 4.69) is 5.32 Å². The number of nitriles is 1. The van der Waals surface area contributed by atoms with Crippen molar-refractivity contribution in [1.29, 1.82) is 5.26 Å². The summed E-state index contributed by atoms with van der Waals surface area (Å²) in [6.07, 6.45) is 6.24. The molecular weight excluding hydrogens is 266 g/mol. The van der Waals surface area contributed by atoms with Crippen LogP contribution in [0.15, 0.2) is 36.0 Å². The minimum atomic E-state index is -0.424. The first-order valence-corrected chi connectivity index (χ1v) is 7.15. The van der Waals surface area contributed by atoms with Crippen LogP contribution in [0.25, 0.3) is 0 Å². The van der Waals surface area contributed by atoms with Crippen LogP contribution in [-0.4, -0.2) is 29.0 Å². The summed E-state index contributed by atoms with van der Waals surface area (Å²) < 4.78 is 0. The molecule has 0 spiro atoms. The molecule has 0 aliphatic carbocycles. The van der Waals surface area contributed by atoms with Gasteiger partial charge in [0.05, 0.1) is 0 Å². The van der Waals surface area contributed by atoms with Gasteiger partial charge in [0.1, 0.15) is 17.4 Å². The molecule has 5 nitrogen and oxygen atoms in total. The lowest BCUT2D eigenvalue weighted by molar-refractivity contribution is -0.112. The van der Waals surface area contributed by atoms with Crippen LogP contribution in [-0.2, 0) is 4.79 Å². The molecule has 0 bridgehead atoms. The lowest BCUT2D eigenvalue weighted by atomic mass is 10.2. The van der Waals surface area contributed by atoms with Gasteiger partial charge >= 0.3 is 0 Å². The topological polar surface area (TPSA) is 76.4 Å². The minimum absolute atomic E-state index is 0.102. The van der Waals surface area contributed by atoms with Crippen LogP contribution < -0.4 is 5.32 Å². The van der Waals surface area contributed by atoms with Crippen LogP contribution in [0.2, 0.25) is 0 Å². The number of carbonyl (C=O) groups is 1. The zero-order valence-corrected chi connectivity index (χ0v) is 11.9. The van der Waals surface area contributed by atoms with Gasteiger partial charge in [-0.15, -0.1) is 0 Å². The van der Waals surface area contributed by atoms with E-state index in [1.165, 1.54) is 25.0 Å². The first kappa shape index (κ1) is 14.9. The molecule has 0 radical (unpaired) electrons. The number of amides is 1. The zero-order chi connectivity index (χ0) is 15.1. The monoisotopic (exact) mass is 285 g/mol. The highest BCUT2D eigenvalue weighted by atomic mass is 16.3. The van der Waals surface area contributed by atoms with Crippen LogP contribution in [0.1, 0.15) is 25.7 Å². The molecule has 1 fully saturated rings. The maximum absolute atomic E-state index is 12.1. The van der Waals surface area contributed by atoms with E-state index in [4.69, 9.17) is 0 Å². The number of anilines is 1. The normalized spacial score (nSPS) is 16.0. The fraction of sp³-hybridized carbons (Fsp3) is 0.375. The standard InChI is InChI=1S/C16H19N3O2/c17-11-13(12-19-9-3-1-2-4-10-19)16(21)18-14-5-7-15(20)8-6-14/h5-8,12,20H,1-4,9-10H2,(H,18,21)/b13-12-. The van der Waals surface area contributed by atoms with E-state index in [1.54, 1.807) is 18.3 Å². The quantitative estimate of drug-likeness (QED) is 0.508. The molecular formula is C16H19N3O2. The number of phenolic OH excluding ortho intramolecular Hbond substituents is 1. The second-order valence-electron chi connectivity index (χ2n) is 5.11. The Morgan fingerprint density at radius 1 is 1.19 bits per heavy atom. The summed E-state index contributed by atoms with van der Waals surface area (Å²) >= 11 is 0. The van der Waals surface area contributed by atoms with Gasteiger partial charge in [-0.05, 0) is 37.1 Å². The van der Waals surface area contributed by atoms with Crippen molar-refractivity contribution in [2.24, 2.45) is 0 Å². The third-order valence-corrected chi connectivity index (χ3v) is 3.44. The van der Waals surface area contributed by atoms with Crippen molar-refractivity contribution < 1.29 is 9.90 Å².